The molecule has 1 aliphatic heterocycles. The van der Waals surface area contributed by atoms with Crippen LogP contribution < -0.4 is 0 Å². The van der Waals surface area contributed by atoms with Gasteiger partial charge < -0.3 is 0 Å². The molecule has 1 heterocycles. The van der Waals surface area contributed by atoms with Crippen LogP contribution in [0.1, 0.15) is 33.1 Å². The molecular weight excluding hydrogens is 204 g/mol. The van der Waals surface area contributed by atoms with E-state index in [0.29, 0.717) is 5.78 Å². The van der Waals surface area contributed by atoms with E-state index < -0.39 is 0 Å². The second kappa shape index (κ2) is 5.55. The highest BCUT2D eigenvalue weighted by Crippen LogP contribution is 2.38. The maximum absolute atomic E-state index is 12.0. The van der Waals surface area contributed by atoms with Crippen LogP contribution >= 0.6 is 11.8 Å². The summed E-state index contributed by atoms with van der Waals surface area (Å²) in [4.78, 5) is 12.0. The smallest absolute Gasteiger partial charge is 0.141 e. The number of allylic oxidation sites excluding steroid dienone is 3. The molecule has 2 heteroatoms. The van der Waals surface area contributed by atoms with Gasteiger partial charge in [-0.25, -0.2) is 0 Å². The maximum atomic E-state index is 12.0. The lowest BCUT2D eigenvalue weighted by atomic mass is 9.77. The predicted octanol–water partition coefficient (Wildman–Crippen LogP) is 3.61. The molecule has 0 unspecified atom stereocenters. The lowest BCUT2D eigenvalue weighted by Gasteiger charge is -2.33. The number of ketones is 1. The van der Waals surface area contributed by atoms with E-state index in [4.69, 9.17) is 0 Å². The van der Waals surface area contributed by atoms with E-state index in [0.717, 1.165) is 30.8 Å². The average molecular weight is 224 g/mol. The summed E-state index contributed by atoms with van der Waals surface area (Å²) in [5.74, 6) is 2.38. The van der Waals surface area contributed by atoms with Gasteiger partial charge in [0.2, 0.25) is 0 Å². The molecule has 0 aromatic carbocycles. The van der Waals surface area contributed by atoms with E-state index in [1.165, 1.54) is 5.57 Å². The van der Waals surface area contributed by atoms with Gasteiger partial charge in [-0.05, 0) is 26.7 Å². The van der Waals surface area contributed by atoms with E-state index in [9.17, 15) is 4.79 Å². The summed E-state index contributed by atoms with van der Waals surface area (Å²) in [5, 5.41) is 0. The van der Waals surface area contributed by atoms with Crippen molar-refractivity contribution >= 4 is 17.5 Å². The van der Waals surface area contributed by atoms with Gasteiger partial charge in [0.1, 0.15) is 5.78 Å². The quantitative estimate of drug-likeness (QED) is 0.679. The first-order chi connectivity index (χ1) is 7.10. The molecule has 1 fully saturated rings. The van der Waals surface area contributed by atoms with Gasteiger partial charge in [-0.15, -0.1) is 6.58 Å². The van der Waals surface area contributed by atoms with Crippen LogP contribution in [0.25, 0.3) is 0 Å². The van der Waals surface area contributed by atoms with E-state index in [1.54, 1.807) is 0 Å². The standard InChI is InChI=1S/C13H20OS/c1-4-7-13(8-5-11(2)3)10-15-9-6-12(13)14/h4-5H,1,6-10H2,2-3H3/t13-/m1/s1. The molecule has 15 heavy (non-hydrogen) atoms. The second-order valence-corrected chi connectivity index (χ2v) is 5.59. The Labute approximate surface area is 97.0 Å². The Balaban J connectivity index is 2.80. The third-order valence-corrected chi connectivity index (χ3v) is 4.13. The Kier molecular flexibility index (Phi) is 4.65. The SMILES string of the molecule is C=CC[C@@]1(CC=C(C)C)CSCCC1=O. The van der Waals surface area contributed by atoms with Crippen molar-refractivity contribution in [3.63, 3.8) is 0 Å². The molecule has 0 radical (unpaired) electrons. The summed E-state index contributed by atoms with van der Waals surface area (Å²) in [5.41, 5.74) is 1.14. The molecule has 0 saturated carbocycles. The van der Waals surface area contributed by atoms with Crippen LogP contribution in [0.15, 0.2) is 24.3 Å². The van der Waals surface area contributed by atoms with Crippen molar-refractivity contribution in [3.8, 4) is 0 Å². The van der Waals surface area contributed by atoms with Gasteiger partial charge in [0.15, 0.2) is 0 Å². The minimum atomic E-state index is -0.151. The molecule has 0 spiro atoms. The molecule has 1 rings (SSSR count). The molecule has 1 aliphatic rings. The fraction of sp³-hybridized carbons (Fsp3) is 0.615. The van der Waals surface area contributed by atoms with Crippen molar-refractivity contribution in [2.45, 2.75) is 33.1 Å². The van der Waals surface area contributed by atoms with Crippen molar-refractivity contribution in [2.75, 3.05) is 11.5 Å². The zero-order valence-corrected chi connectivity index (χ0v) is 10.5. The summed E-state index contributed by atoms with van der Waals surface area (Å²) in [6, 6.07) is 0. The normalized spacial score (nSPS) is 26.1. The van der Waals surface area contributed by atoms with Crippen LogP contribution in [0, 0.1) is 5.41 Å². The molecule has 1 atom stereocenters. The number of Topliss-reactive ketones (excluding diaryl/α,β-unsaturated/α-hetero) is 1. The number of carbonyl (C=O) groups excluding carboxylic acids is 1. The lowest BCUT2D eigenvalue weighted by molar-refractivity contribution is -0.127. The van der Waals surface area contributed by atoms with Crippen LogP contribution in [0.5, 0.6) is 0 Å². The molecule has 1 saturated heterocycles. The minimum Gasteiger partial charge on any atom is -0.299 e. The first kappa shape index (κ1) is 12.6. The van der Waals surface area contributed by atoms with Crippen LogP contribution in [0.4, 0.5) is 0 Å². The van der Waals surface area contributed by atoms with Crippen LogP contribution in [-0.2, 0) is 4.79 Å². The second-order valence-electron chi connectivity index (χ2n) is 4.48. The van der Waals surface area contributed by atoms with Crippen molar-refractivity contribution in [1.82, 2.24) is 0 Å². The van der Waals surface area contributed by atoms with E-state index in [-0.39, 0.29) is 5.41 Å². The summed E-state index contributed by atoms with van der Waals surface area (Å²) < 4.78 is 0. The number of thioether (sulfide) groups is 1. The first-order valence-corrected chi connectivity index (χ1v) is 6.61. The molecule has 1 nitrogen and oxygen atoms in total. The van der Waals surface area contributed by atoms with Gasteiger partial charge in [-0.2, -0.15) is 11.8 Å². The van der Waals surface area contributed by atoms with Crippen molar-refractivity contribution in [2.24, 2.45) is 5.41 Å². The summed E-state index contributed by atoms with van der Waals surface area (Å²) >= 11 is 1.90. The zero-order chi connectivity index (χ0) is 11.3. The number of hydrogen-bond acceptors (Lipinski definition) is 2. The molecule has 0 aromatic heterocycles. The van der Waals surface area contributed by atoms with Crippen molar-refractivity contribution < 1.29 is 4.79 Å². The highest BCUT2D eigenvalue weighted by molar-refractivity contribution is 7.99. The Morgan fingerprint density at radius 3 is 2.80 bits per heavy atom. The molecule has 0 N–H and O–H groups in total. The summed E-state index contributed by atoms with van der Waals surface area (Å²) in [6.07, 6.45) is 6.51. The average Bonchev–Trinajstić information content (AvgIpc) is 2.20. The Bertz CT molecular complexity index is 276. The highest BCUT2D eigenvalue weighted by atomic mass is 32.2. The lowest BCUT2D eigenvalue weighted by Crippen LogP contribution is -2.36. The predicted molar refractivity (Wildman–Crippen MR) is 68.2 cm³/mol. The zero-order valence-electron chi connectivity index (χ0n) is 9.71. The third-order valence-electron chi connectivity index (χ3n) is 2.88. The Morgan fingerprint density at radius 1 is 1.53 bits per heavy atom. The number of carbonyl (C=O) groups is 1. The van der Waals surface area contributed by atoms with Crippen molar-refractivity contribution in [1.29, 1.82) is 0 Å². The van der Waals surface area contributed by atoms with E-state index in [1.807, 2.05) is 17.8 Å². The molecular formula is C13H20OS. The first-order valence-electron chi connectivity index (χ1n) is 5.46. The fourth-order valence-corrected chi connectivity index (χ4v) is 3.14. The van der Waals surface area contributed by atoms with E-state index in [2.05, 4.69) is 26.5 Å². The number of rotatable bonds is 4. The van der Waals surface area contributed by atoms with Gasteiger partial charge >= 0.3 is 0 Å². The van der Waals surface area contributed by atoms with Crippen LogP contribution in [0.2, 0.25) is 0 Å². The summed E-state index contributed by atoms with van der Waals surface area (Å²) in [7, 11) is 0. The minimum absolute atomic E-state index is 0.151. The van der Waals surface area contributed by atoms with Gasteiger partial charge in [-0.1, -0.05) is 17.7 Å². The molecule has 84 valence electrons. The van der Waals surface area contributed by atoms with Crippen molar-refractivity contribution in [3.05, 3.63) is 24.3 Å². The van der Waals surface area contributed by atoms with E-state index >= 15 is 0 Å². The summed E-state index contributed by atoms with van der Waals surface area (Å²) in [6.45, 7) is 7.95. The van der Waals surface area contributed by atoms with Gasteiger partial charge in [-0.3, -0.25) is 4.79 Å². The molecule has 0 aromatic rings. The third kappa shape index (κ3) is 3.23. The van der Waals surface area contributed by atoms with Gasteiger partial charge in [0.25, 0.3) is 0 Å². The maximum Gasteiger partial charge on any atom is 0.141 e. The highest BCUT2D eigenvalue weighted by Gasteiger charge is 2.37. The monoisotopic (exact) mass is 224 g/mol. The largest absolute Gasteiger partial charge is 0.299 e. The topological polar surface area (TPSA) is 17.1 Å². The van der Waals surface area contributed by atoms with Crippen LogP contribution in [0.3, 0.4) is 0 Å². The van der Waals surface area contributed by atoms with Gasteiger partial charge in [0.05, 0.1) is 0 Å². The Morgan fingerprint density at radius 2 is 2.27 bits per heavy atom. The van der Waals surface area contributed by atoms with Crippen LogP contribution in [-0.4, -0.2) is 17.3 Å². The molecule has 0 amide bonds. The Hall–Kier alpha value is -0.500. The van der Waals surface area contributed by atoms with Gasteiger partial charge in [0, 0.05) is 23.3 Å². The molecule has 0 bridgehead atoms. The molecule has 0 aliphatic carbocycles. The number of hydrogen-bond donors (Lipinski definition) is 0. The fourth-order valence-electron chi connectivity index (χ4n) is 1.88.